The van der Waals surface area contributed by atoms with Gasteiger partial charge >= 0.3 is 24.7 Å². The number of aliphatic hydroxyl groups is 1. The lowest BCUT2D eigenvalue weighted by Crippen LogP contribution is -2.53. The van der Waals surface area contributed by atoms with Crippen LogP contribution in [0.1, 0.15) is 23.2 Å². The average molecular weight is 612 g/mol. The van der Waals surface area contributed by atoms with Gasteiger partial charge in [-0.05, 0) is 35.4 Å². The number of carbonyl (C=O) groups excluding carboxylic acids is 1. The van der Waals surface area contributed by atoms with Gasteiger partial charge in [0, 0.05) is 25.2 Å². The van der Waals surface area contributed by atoms with E-state index in [9.17, 15) is 45.0 Å². The Hall–Kier alpha value is -3.65. The third-order valence-corrected chi connectivity index (χ3v) is 5.86. The van der Waals surface area contributed by atoms with Gasteiger partial charge in [-0.1, -0.05) is 41.9 Å². The van der Waals surface area contributed by atoms with E-state index in [0.29, 0.717) is 11.6 Å². The topological polar surface area (TPSA) is 83.5 Å². The Balaban J connectivity index is 2.13. The number of aromatic nitrogens is 1. The number of ether oxygens (including phenoxy) is 1. The van der Waals surface area contributed by atoms with Crippen molar-refractivity contribution in [3.8, 4) is 5.75 Å². The van der Waals surface area contributed by atoms with Crippen LogP contribution in [-0.4, -0.2) is 47.5 Å². The maximum absolute atomic E-state index is 14.8. The molecular formula is C26H22ClF8N3O3. The van der Waals surface area contributed by atoms with E-state index in [4.69, 9.17) is 11.6 Å². The molecule has 2 atom stereocenters. The van der Waals surface area contributed by atoms with Gasteiger partial charge < -0.3 is 20.5 Å². The van der Waals surface area contributed by atoms with Crippen molar-refractivity contribution in [2.24, 2.45) is 0 Å². The van der Waals surface area contributed by atoms with E-state index >= 15 is 0 Å². The number of carbonyl (C=O) groups is 1. The average Bonchev–Trinajstić information content (AvgIpc) is 2.86. The molecule has 222 valence electrons. The standard InChI is InChI=1S/C26H22ClF8N3O3/c27-17-6-7-21(36-13-17)24(11-15-4-2-1-3-5-15,38-23(40)37-14-19(39)12-25(31,32)33)16-8-18(28)10-20(9-16)41-26(34,35)22(29)30/h1-10,13,19,22,39H,11-12,14H2,(H2,37,38,40)/t19?,24-/m0/s1. The SMILES string of the molecule is O=C(NCC(O)CC(F)(F)F)N[C@@](Cc1ccccc1)(c1cc(F)cc(OC(F)(F)C(F)F)c1)c1ccc(Cl)cn1. The van der Waals surface area contributed by atoms with Crippen molar-refractivity contribution in [1.82, 2.24) is 15.6 Å². The summed E-state index contributed by atoms with van der Waals surface area (Å²) >= 11 is 5.95. The van der Waals surface area contributed by atoms with Crippen LogP contribution in [0, 0.1) is 5.82 Å². The van der Waals surface area contributed by atoms with E-state index in [1.54, 1.807) is 30.3 Å². The molecule has 0 spiro atoms. The summed E-state index contributed by atoms with van der Waals surface area (Å²) in [5, 5.41) is 14.4. The predicted octanol–water partition coefficient (Wildman–Crippen LogP) is 6.21. The molecule has 1 aromatic heterocycles. The van der Waals surface area contributed by atoms with Crippen molar-refractivity contribution in [3.63, 3.8) is 0 Å². The second-order valence-corrected chi connectivity index (χ2v) is 9.31. The van der Waals surface area contributed by atoms with E-state index in [-0.39, 0.29) is 22.7 Å². The fourth-order valence-electron chi connectivity index (χ4n) is 3.91. The lowest BCUT2D eigenvalue weighted by molar-refractivity contribution is -0.253. The quantitative estimate of drug-likeness (QED) is 0.225. The van der Waals surface area contributed by atoms with Crippen molar-refractivity contribution in [3.05, 3.63) is 94.5 Å². The highest BCUT2D eigenvalue weighted by molar-refractivity contribution is 6.30. The minimum absolute atomic E-state index is 0.0473. The Morgan fingerprint density at radius 1 is 1.02 bits per heavy atom. The normalized spacial score (nSPS) is 14.3. The van der Waals surface area contributed by atoms with E-state index in [0.717, 1.165) is 18.3 Å². The number of urea groups is 1. The minimum atomic E-state index is -4.99. The molecule has 15 heteroatoms. The number of halogens is 9. The van der Waals surface area contributed by atoms with Gasteiger partial charge in [-0.2, -0.15) is 30.7 Å². The maximum Gasteiger partial charge on any atom is 0.461 e. The van der Waals surface area contributed by atoms with Crippen LogP contribution in [0.4, 0.5) is 39.9 Å². The molecule has 2 aromatic carbocycles. The molecule has 1 heterocycles. The lowest BCUT2D eigenvalue weighted by Gasteiger charge is -2.36. The Bertz CT molecular complexity index is 1310. The van der Waals surface area contributed by atoms with Gasteiger partial charge in [-0.3, -0.25) is 4.98 Å². The van der Waals surface area contributed by atoms with Crippen LogP contribution in [0.3, 0.4) is 0 Å². The molecule has 1 unspecified atom stereocenters. The molecule has 3 N–H and O–H groups in total. The third-order valence-electron chi connectivity index (χ3n) is 5.64. The van der Waals surface area contributed by atoms with Crippen LogP contribution in [0.15, 0.2) is 66.9 Å². The van der Waals surface area contributed by atoms with Gasteiger partial charge in [0.15, 0.2) is 0 Å². The van der Waals surface area contributed by atoms with Crippen LogP contribution in [0.25, 0.3) is 0 Å². The van der Waals surface area contributed by atoms with Crippen molar-refractivity contribution >= 4 is 17.6 Å². The van der Waals surface area contributed by atoms with E-state index in [2.05, 4.69) is 20.4 Å². The number of pyridine rings is 1. The van der Waals surface area contributed by atoms with Crippen LogP contribution in [0.2, 0.25) is 5.02 Å². The van der Waals surface area contributed by atoms with Gasteiger partial charge in [-0.15, -0.1) is 0 Å². The molecule has 0 saturated carbocycles. The summed E-state index contributed by atoms with van der Waals surface area (Å²) in [4.78, 5) is 17.2. The zero-order valence-corrected chi connectivity index (χ0v) is 21.5. The number of hydrogen-bond donors (Lipinski definition) is 3. The van der Waals surface area contributed by atoms with Crippen LogP contribution >= 0.6 is 11.6 Å². The first kappa shape index (κ1) is 31.9. The molecule has 0 bridgehead atoms. The molecule has 6 nitrogen and oxygen atoms in total. The summed E-state index contributed by atoms with van der Waals surface area (Å²) in [6, 6.07) is 11.6. The highest BCUT2D eigenvalue weighted by atomic mass is 35.5. The van der Waals surface area contributed by atoms with Crippen LogP contribution < -0.4 is 15.4 Å². The first-order valence-electron chi connectivity index (χ1n) is 11.7. The number of aliphatic hydroxyl groups excluding tert-OH is 1. The predicted molar refractivity (Wildman–Crippen MR) is 131 cm³/mol. The maximum atomic E-state index is 14.8. The van der Waals surface area contributed by atoms with Crippen LogP contribution in [0.5, 0.6) is 5.75 Å². The molecule has 3 rings (SSSR count). The van der Waals surface area contributed by atoms with Crippen molar-refractivity contribution < 1.29 is 49.8 Å². The number of nitrogens with one attached hydrogen (secondary N) is 2. The molecule has 41 heavy (non-hydrogen) atoms. The molecule has 0 aliphatic heterocycles. The van der Waals surface area contributed by atoms with Gasteiger partial charge in [0.05, 0.1) is 23.2 Å². The molecule has 0 saturated heterocycles. The van der Waals surface area contributed by atoms with Crippen LogP contribution in [-0.2, 0) is 12.0 Å². The summed E-state index contributed by atoms with van der Waals surface area (Å²) in [6.07, 6.45) is -16.7. The van der Waals surface area contributed by atoms with Gasteiger partial charge in [-0.25, -0.2) is 9.18 Å². The summed E-state index contributed by atoms with van der Waals surface area (Å²) in [6.45, 7) is -0.848. The van der Waals surface area contributed by atoms with Gasteiger partial charge in [0.2, 0.25) is 0 Å². The second kappa shape index (κ2) is 12.9. The van der Waals surface area contributed by atoms with Crippen molar-refractivity contribution in [2.45, 2.75) is 43.2 Å². The first-order valence-corrected chi connectivity index (χ1v) is 12.1. The minimum Gasteiger partial charge on any atom is -0.428 e. The molecule has 0 radical (unpaired) electrons. The lowest BCUT2D eigenvalue weighted by atomic mass is 9.80. The zero-order valence-electron chi connectivity index (χ0n) is 20.7. The summed E-state index contributed by atoms with van der Waals surface area (Å²) in [7, 11) is 0. The Morgan fingerprint density at radius 3 is 2.29 bits per heavy atom. The number of benzene rings is 2. The smallest absolute Gasteiger partial charge is 0.428 e. The van der Waals surface area contributed by atoms with E-state index in [1.807, 2.05) is 0 Å². The van der Waals surface area contributed by atoms with Crippen molar-refractivity contribution in [2.75, 3.05) is 6.54 Å². The number of rotatable bonds is 11. The van der Waals surface area contributed by atoms with Gasteiger partial charge in [0.25, 0.3) is 0 Å². The first-order chi connectivity index (χ1) is 19.1. The summed E-state index contributed by atoms with van der Waals surface area (Å²) in [5.74, 6) is -2.23. The molecular weight excluding hydrogens is 590 g/mol. The summed E-state index contributed by atoms with van der Waals surface area (Å²) in [5.41, 5.74) is -1.84. The highest BCUT2D eigenvalue weighted by Crippen LogP contribution is 2.37. The Labute approximate surface area is 233 Å². The van der Waals surface area contributed by atoms with Gasteiger partial charge in [0.1, 0.15) is 17.1 Å². The fourth-order valence-corrected chi connectivity index (χ4v) is 4.02. The molecule has 0 aliphatic carbocycles. The second-order valence-electron chi connectivity index (χ2n) is 8.88. The zero-order chi connectivity index (χ0) is 30.4. The molecule has 3 aromatic rings. The number of nitrogens with zero attached hydrogens (tertiary/aromatic N) is 1. The Morgan fingerprint density at radius 2 is 1.71 bits per heavy atom. The molecule has 0 fully saturated rings. The number of alkyl halides is 7. The van der Waals surface area contributed by atoms with E-state index in [1.165, 1.54) is 12.1 Å². The molecule has 2 amide bonds. The highest BCUT2D eigenvalue weighted by Gasteiger charge is 2.45. The Kier molecular flexibility index (Phi) is 10.0. The fraction of sp³-hybridized carbons (Fsp3) is 0.308. The number of amides is 2. The van der Waals surface area contributed by atoms with Crippen molar-refractivity contribution in [1.29, 1.82) is 0 Å². The largest absolute Gasteiger partial charge is 0.461 e. The number of hydrogen-bond acceptors (Lipinski definition) is 4. The van der Waals surface area contributed by atoms with E-state index < -0.39 is 60.9 Å². The third kappa shape index (κ3) is 8.92. The molecule has 0 aliphatic rings. The monoisotopic (exact) mass is 611 g/mol. The summed E-state index contributed by atoms with van der Waals surface area (Å²) < 4.78 is 110.